The molecule has 2 aromatic rings. The lowest BCUT2D eigenvalue weighted by Crippen LogP contribution is -2.25. The van der Waals surface area contributed by atoms with Crippen LogP contribution in [0.1, 0.15) is 46.4 Å². The molecule has 1 unspecified atom stereocenters. The van der Waals surface area contributed by atoms with E-state index in [1.807, 2.05) is 6.07 Å². The number of amides is 2. The zero-order valence-electron chi connectivity index (χ0n) is 15.6. The van der Waals surface area contributed by atoms with Gasteiger partial charge in [-0.05, 0) is 68.1 Å². The van der Waals surface area contributed by atoms with Crippen LogP contribution in [0.4, 0.5) is 5.69 Å². The maximum Gasteiger partial charge on any atom is 0.255 e. The van der Waals surface area contributed by atoms with Crippen molar-refractivity contribution in [1.82, 2.24) is 5.32 Å². The quantitative estimate of drug-likeness (QED) is 0.772. The van der Waals surface area contributed by atoms with Gasteiger partial charge < -0.3 is 20.1 Å². The highest BCUT2D eigenvalue weighted by atomic mass is 16.5. The maximum absolute atomic E-state index is 12.5. The minimum absolute atomic E-state index is 0.0727. The summed E-state index contributed by atoms with van der Waals surface area (Å²) in [5, 5.41) is 5.80. The minimum Gasteiger partial charge on any atom is -0.491 e. The minimum atomic E-state index is -0.224. The van der Waals surface area contributed by atoms with E-state index in [0.717, 1.165) is 32.3 Å². The summed E-state index contributed by atoms with van der Waals surface area (Å²) in [5.74, 6) is 0.351. The van der Waals surface area contributed by atoms with Gasteiger partial charge in [-0.25, -0.2) is 0 Å². The van der Waals surface area contributed by atoms with Crippen LogP contribution < -0.4 is 15.4 Å². The Balaban J connectivity index is 1.33. The highest BCUT2D eigenvalue weighted by molar-refractivity contribution is 6.04. The standard InChI is InChI=1S/C22H24N2O4/c25-21(23-18-10-11-18)15-6-8-17(9-7-15)24-22(26)16-3-1-4-19(13-16)28-14-20-5-2-12-27-20/h1,3-4,6-9,13,18,20H,2,5,10-12,14H2,(H,23,25)(H,24,26). The average molecular weight is 380 g/mol. The van der Waals surface area contributed by atoms with Crippen molar-refractivity contribution in [2.45, 2.75) is 37.8 Å². The van der Waals surface area contributed by atoms with E-state index in [0.29, 0.717) is 35.2 Å². The summed E-state index contributed by atoms with van der Waals surface area (Å²) in [6.45, 7) is 1.28. The van der Waals surface area contributed by atoms with Crippen LogP contribution in [0, 0.1) is 0 Å². The van der Waals surface area contributed by atoms with Crippen LogP contribution in [0.3, 0.4) is 0 Å². The average Bonchev–Trinajstić information content (AvgIpc) is 3.37. The van der Waals surface area contributed by atoms with Crippen LogP contribution in [-0.4, -0.2) is 37.2 Å². The van der Waals surface area contributed by atoms with Gasteiger partial charge >= 0.3 is 0 Å². The smallest absolute Gasteiger partial charge is 0.255 e. The first-order valence-electron chi connectivity index (χ1n) is 9.74. The van der Waals surface area contributed by atoms with Crippen molar-refractivity contribution in [3.05, 3.63) is 59.7 Å². The Kier molecular flexibility index (Phi) is 5.58. The van der Waals surface area contributed by atoms with Crippen molar-refractivity contribution in [2.75, 3.05) is 18.5 Å². The molecular weight excluding hydrogens is 356 g/mol. The zero-order chi connectivity index (χ0) is 19.3. The van der Waals surface area contributed by atoms with E-state index >= 15 is 0 Å². The van der Waals surface area contributed by atoms with Crippen molar-refractivity contribution in [3.8, 4) is 5.75 Å². The molecule has 4 rings (SSSR count). The number of carbonyl (C=O) groups is 2. The van der Waals surface area contributed by atoms with Gasteiger partial charge in [0.25, 0.3) is 11.8 Å². The van der Waals surface area contributed by atoms with Gasteiger partial charge in [-0.1, -0.05) is 6.07 Å². The van der Waals surface area contributed by atoms with E-state index in [9.17, 15) is 9.59 Å². The van der Waals surface area contributed by atoms with Crippen LogP contribution in [-0.2, 0) is 4.74 Å². The third-order valence-electron chi connectivity index (χ3n) is 4.87. The van der Waals surface area contributed by atoms with Gasteiger partial charge in [0, 0.05) is 29.5 Å². The van der Waals surface area contributed by atoms with Crippen molar-refractivity contribution >= 4 is 17.5 Å². The molecule has 28 heavy (non-hydrogen) atoms. The summed E-state index contributed by atoms with van der Waals surface area (Å²) in [6, 6.07) is 14.3. The monoisotopic (exact) mass is 380 g/mol. The Labute approximate surface area is 164 Å². The lowest BCUT2D eigenvalue weighted by atomic mass is 10.1. The summed E-state index contributed by atoms with van der Waals surface area (Å²) in [7, 11) is 0. The Hall–Kier alpha value is -2.86. The second-order valence-electron chi connectivity index (χ2n) is 7.25. The highest BCUT2D eigenvalue weighted by Crippen LogP contribution is 2.20. The van der Waals surface area contributed by atoms with Gasteiger partial charge in [0.2, 0.25) is 0 Å². The molecule has 6 nitrogen and oxygen atoms in total. The molecular formula is C22H24N2O4. The van der Waals surface area contributed by atoms with Crippen molar-refractivity contribution in [2.24, 2.45) is 0 Å². The second kappa shape index (κ2) is 8.44. The van der Waals surface area contributed by atoms with E-state index in [2.05, 4.69) is 10.6 Å². The van der Waals surface area contributed by atoms with Gasteiger partial charge in [0.1, 0.15) is 12.4 Å². The van der Waals surface area contributed by atoms with Gasteiger partial charge in [-0.3, -0.25) is 9.59 Å². The van der Waals surface area contributed by atoms with Gasteiger partial charge in [0.15, 0.2) is 0 Å². The van der Waals surface area contributed by atoms with Gasteiger partial charge in [0.05, 0.1) is 6.10 Å². The van der Waals surface area contributed by atoms with Crippen molar-refractivity contribution < 1.29 is 19.1 Å². The predicted octanol–water partition coefficient (Wildman–Crippen LogP) is 3.39. The Morgan fingerprint density at radius 3 is 2.54 bits per heavy atom. The summed E-state index contributed by atoms with van der Waals surface area (Å²) in [5.41, 5.74) is 1.74. The third kappa shape index (κ3) is 4.89. The summed E-state index contributed by atoms with van der Waals surface area (Å²) in [6.07, 6.45) is 4.31. The fourth-order valence-electron chi connectivity index (χ4n) is 3.10. The molecule has 146 valence electrons. The summed E-state index contributed by atoms with van der Waals surface area (Å²) < 4.78 is 11.3. The SMILES string of the molecule is O=C(Nc1ccc(C(=O)NC2CC2)cc1)c1cccc(OCC2CCCO2)c1. The first kappa shape index (κ1) is 18.5. The number of benzene rings is 2. The Bertz CT molecular complexity index is 840. The molecule has 0 radical (unpaired) electrons. The Morgan fingerprint density at radius 1 is 1.00 bits per heavy atom. The predicted molar refractivity (Wildman–Crippen MR) is 106 cm³/mol. The van der Waals surface area contributed by atoms with E-state index in [1.54, 1.807) is 42.5 Å². The topological polar surface area (TPSA) is 76.7 Å². The molecule has 2 N–H and O–H groups in total. The molecule has 1 aliphatic carbocycles. The number of hydrogen-bond acceptors (Lipinski definition) is 4. The number of nitrogens with one attached hydrogen (secondary N) is 2. The molecule has 2 amide bonds. The van der Waals surface area contributed by atoms with Gasteiger partial charge in [-0.2, -0.15) is 0 Å². The molecule has 2 aromatic carbocycles. The molecule has 1 aliphatic heterocycles. The normalized spacial score (nSPS) is 18.5. The number of hydrogen-bond donors (Lipinski definition) is 2. The Morgan fingerprint density at radius 2 is 1.82 bits per heavy atom. The number of anilines is 1. The van der Waals surface area contributed by atoms with Crippen LogP contribution in [0.15, 0.2) is 48.5 Å². The van der Waals surface area contributed by atoms with E-state index < -0.39 is 0 Å². The number of carbonyl (C=O) groups excluding carboxylic acids is 2. The van der Waals surface area contributed by atoms with Crippen LogP contribution in [0.25, 0.3) is 0 Å². The first-order chi connectivity index (χ1) is 13.7. The molecule has 1 atom stereocenters. The van der Waals surface area contributed by atoms with Crippen molar-refractivity contribution in [1.29, 1.82) is 0 Å². The fourth-order valence-corrected chi connectivity index (χ4v) is 3.10. The molecule has 0 aromatic heterocycles. The van der Waals surface area contributed by atoms with Crippen LogP contribution in [0.2, 0.25) is 0 Å². The third-order valence-corrected chi connectivity index (χ3v) is 4.87. The fraction of sp³-hybridized carbons (Fsp3) is 0.364. The van der Waals surface area contributed by atoms with E-state index in [1.165, 1.54) is 0 Å². The highest BCUT2D eigenvalue weighted by Gasteiger charge is 2.23. The first-order valence-corrected chi connectivity index (χ1v) is 9.74. The van der Waals surface area contributed by atoms with Crippen LogP contribution in [0.5, 0.6) is 5.75 Å². The summed E-state index contributed by atoms with van der Waals surface area (Å²) in [4.78, 5) is 24.6. The van der Waals surface area contributed by atoms with Crippen LogP contribution >= 0.6 is 0 Å². The maximum atomic E-state index is 12.5. The zero-order valence-corrected chi connectivity index (χ0v) is 15.6. The molecule has 2 fully saturated rings. The molecule has 1 heterocycles. The molecule has 1 saturated carbocycles. The molecule has 2 aliphatic rings. The second-order valence-corrected chi connectivity index (χ2v) is 7.25. The lowest BCUT2D eigenvalue weighted by Gasteiger charge is -2.12. The van der Waals surface area contributed by atoms with E-state index in [-0.39, 0.29) is 17.9 Å². The van der Waals surface area contributed by atoms with Gasteiger partial charge in [-0.15, -0.1) is 0 Å². The molecule has 0 spiro atoms. The number of ether oxygens (including phenoxy) is 2. The molecule has 0 bridgehead atoms. The number of rotatable bonds is 7. The van der Waals surface area contributed by atoms with Crippen molar-refractivity contribution in [3.63, 3.8) is 0 Å². The largest absolute Gasteiger partial charge is 0.491 e. The molecule has 1 saturated heterocycles. The van der Waals surface area contributed by atoms with E-state index in [4.69, 9.17) is 9.47 Å². The lowest BCUT2D eigenvalue weighted by molar-refractivity contribution is 0.0679. The molecule has 6 heteroatoms. The summed E-state index contributed by atoms with van der Waals surface area (Å²) >= 11 is 0.